The molecule has 3 rings (SSSR count). The van der Waals surface area contributed by atoms with Gasteiger partial charge in [0.15, 0.2) is 0 Å². The number of aromatic amines is 1. The van der Waals surface area contributed by atoms with E-state index < -0.39 is 0 Å². The van der Waals surface area contributed by atoms with E-state index in [1.165, 1.54) is 5.56 Å². The van der Waals surface area contributed by atoms with E-state index in [0.29, 0.717) is 17.9 Å². The van der Waals surface area contributed by atoms with Crippen molar-refractivity contribution in [3.05, 3.63) is 52.1 Å². The number of hydrogen-bond donors (Lipinski definition) is 1. The van der Waals surface area contributed by atoms with E-state index in [4.69, 9.17) is 21.7 Å². The Balaban J connectivity index is 1.89. The van der Waals surface area contributed by atoms with Crippen molar-refractivity contribution in [2.45, 2.75) is 18.9 Å². The fraction of sp³-hybridized carbons (Fsp3) is 0.333. The SMILES string of the molecule is COCc1cc(=S)nc(C2COc3ccccc3C2)[nH]1. The van der Waals surface area contributed by atoms with Crippen molar-refractivity contribution in [2.75, 3.05) is 13.7 Å². The molecule has 1 aromatic carbocycles. The summed E-state index contributed by atoms with van der Waals surface area (Å²) in [7, 11) is 1.66. The molecule has 0 amide bonds. The molecule has 4 nitrogen and oxygen atoms in total. The Hall–Kier alpha value is -1.72. The number of H-pyrrole nitrogens is 1. The molecule has 1 N–H and O–H groups in total. The third-order valence-corrected chi connectivity index (χ3v) is 3.59. The van der Waals surface area contributed by atoms with Gasteiger partial charge >= 0.3 is 0 Å². The number of nitrogens with zero attached hydrogens (tertiary/aromatic N) is 1. The standard InChI is InChI=1S/C15H16N2O2S/c1-18-9-12-7-14(20)17-15(16-12)11-6-10-4-2-3-5-13(10)19-8-11/h2-5,7,11H,6,8-9H2,1H3,(H,16,17,20). The average molecular weight is 288 g/mol. The highest BCUT2D eigenvalue weighted by atomic mass is 32.1. The van der Waals surface area contributed by atoms with Gasteiger partial charge in [-0.25, -0.2) is 4.98 Å². The molecule has 20 heavy (non-hydrogen) atoms. The van der Waals surface area contributed by atoms with Gasteiger partial charge in [0.05, 0.1) is 19.1 Å². The molecule has 0 spiro atoms. The highest BCUT2D eigenvalue weighted by Gasteiger charge is 2.23. The Labute approximate surface area is 122 Å². The zero-order chi connectivity index (χ0) is 13.9. The summed E-state index contributed by atoms with van der Waals surface area (Å²) < 4.78 is 11.5. The van der Waals surface area contributed by atoms with E-state index in [2.05, 4.69) is 16.0 Å². The van der Waals surface area contributed by atoms with E-state index >= 15 is 0 Å². The van der Waals surface area contributed by atoms with Crippen LogP contribution in [-0.2, 0) is 17.8 Å². The van der Waals surface area contributed by atoms with Crippen molar-refractivity contribution in [1.82, 2.24) is 9.97 Å². The van der Waals surface area contributed by atoms with Gasteiger partial charge in [-0.3, -0.25) is 0 Å². The highest BCUT2D eigenvalue weighted by Crippen LogP contribution is 2.30. The fourth-order valence-electron chi connectivity index (χ4n) is 2.46. The zero-order valence-electron chi connectivity index (χ0n) is 11.3. The van der Waals surface area contributed by atoms with Crippen LogP contribution in [0.2, 0.25) is 0 Å². The van der Waals surface area contributed by atoms with Crippen LogP contribution in [0.15, 0.2) is 30.3 Å². The average Bonchev–Trinajstić information content (AvgIpc) is 2.46. The van der Waals surface area contributed by atoms with Crippen LogP contribution in [0, 0.1) is 4.64 Å². The maximum atomic E-state index is 5.80. The molecule has 1 aliphatic rings. The van der Waals surface area contributed by atoms with Crippen LogP contribution in [0.5, 0.6) is 5.75 Å². The quantitative estimate of drug-likeness (QED) is 0.882. The van der Waals surface area contributed by atoms with Crippen LogP contribution in [0.4, 0.5) is 0 Å². The summed E-state index contributed by atoms with van der Waals surface area (Å²) in [4.78, 5) is 7.74. The number of nitrogens with one attached hydrogen (secondary N) is 1. The van der Waals surface area contributed by atoms with Crippen LogP contribution >= 0.6 is 12.2 Å². The number of benzene rings is 1. The van der Waals surface area contributed by atoms with Crippen molar-refractivity contribution in [1.29, 1.82) is 0 Å². The smallest absolute Gasteiger partial charge is 0.130 e. The van der Waals surface area contributed by atoms with Crippen molar-refractivity contribution >= 4 is 12.2 Å². The summed E-state index contributed by atoms with van der Waals surface area (Å²) in [5, 5.41) is 0. The second-order valence-corrected chi connectivity index (χ2v) is 5.30. The first-order chi connectivity index (χ1) is 9.76. The van der Waals surface area contributed by atoms with Crippen LogP contribution in [0.3, 0.4) is 0 Å². The summed E-state index contributed by atoms with van der Waals surface area (Å²) in [5.41, 5.74) is 2.16. The van der Waals surface area contributed by atoms with E-state index in [0.717, 1.165) is 23.7 Å². The number of para-hydroxylation sites is 1. The normalized spacial score (nSPS) is 17.4. The van der Waals surface area contributed by atoms with Gasteiger partial charge in [-0.1, -0.05) is 30.4 Å². The van der Waals surface area contributed by atoms with E-state index in [9.17, 15) is 0 Å². The molecule has 1 aliphatic heterocycles. The number of methoxy groups -OCH3 is 1. The first-order valence-electron chi connectivity index (χ1n) is 6.56. The molecule has 0 fully saturated rings. The Morgan fingerprint density at radius 1 is 1.45 bits per heavy atom. The lowest BCUT2D eigenvalue weighted by molar-refractivity contribution is 0.180. The molecule has 104 valence electrons. The zero-order valence-corrected chi connectivity index (χ0v) is 12.1. The van der Waals surface area contributed by atoms with Gasteiger partial charge < -0.3 is 14.5 Å². The topological polar surface area (TPSA) is 47.1 Å². The second kappa shape index (κ2) is 5.73. The first-order valence-corrected chi connectivity index (χ1v) is 6.97. The predicted octanol–water partition coefficient (Wildman–Crippen LogP) is 3.00. The summed E-state index contributed by atoms with van der Waals surface area (Å²) >= 11 is 5.22. The number of aromatic nitrogens is 2. The minimum absolute atomic E-state index is 0.198. The lowest BCUT2D eigenvalue weighted by Crippen LogP contribution is -2.21. The van der Waals surface area contributed by atoms with Gasteiger partial charge in [-0.2, -0.15) is 0 Å². The molecule has 1 unspecified atom stereocenters. The maximum absolute atomic E-state index is 5.80. The third kappa shape index (κ3) is 2.73. The molecule has 5 heteroatoms. The molecule has 0 aliphatic carbocycles. The van der Waals surface area contributed by atoms with Crippen molar-refractivity contribution < 1.29 is 9.47 Å². The third-order valence-electron chi connectivity index (χ3n) is 3.38. The molecule has 0 bridgehead atoms. The largest absolute Gasteiger partial charge is 0.493 e. The number of rotatable bonds is 3. The molecule has 0 saturated carbocycles. The Morgan fingerprint density at radius 3 is 3.15 bits per heavy atom. The number of ether oxygens (including phenoxy) is 2. The summed E-state index contributed by atoms with van der Waals surface area (Å²) in [6.07, 6.45) is 0.908. The molecular formula is C15H16N2O2S. The van der Waals surface area contributed by atoms with Crippen LogP contribution < -0.4 is 4.74 Å². The molecule has 0 saturated heterocycles. The molecule has 1 atom stereocenters. The van der Waals surface area contributed by atoms with Crippen LogP contribution in [0.25, 0.3) is 0 Å². The minimum atomic E-state index is 0.198. The van der Waals surface area contributed by atoms with Gasteiger partial charge in [-0.05, 0) is 24.1 Å². The second-order valence-electron chi connectivity index (χ2n) is 4.88. The predicted molar refractivity (Wildman–Crippen MR) is 78.5 cm³/mol. The fourth-order valence-corrected chi connectivity index (χ4v) is 2.70. The summed E-state index contributed by atoms with van der Waals surface area (Å²) in [6, 6.07) is 9.95. The van der Waals surface area contributed by atoms with Gasteiger partial charge in [-0.15, -0.1) is 0 Å². The number of hydrogen-bond acceptors (Lipinski definition) is 4. The maximum Gasteiger partial charge on any atom is 0.130 e. The molecule has 1 aromatic heterocycles. The van der Waals surface area contributed by atoms with Crippen molar-refractivity contribution in [3.8, 4) is 5.75 Å². The van der Waals surface area contributed by atoms with Gasteiger partial charge in [0.2, 0.25) is 0 Å². The van der Waals surface area contributed by atoms with E-state index in [-0.39, 0.29) is 5.92 Å². The van der Waals surface area contributed by atoms with Crippen LogP contribution in [0.1, 0.15) is 23.0 Å². The van der Waals surface area contributed by atoms with Gasteiger partial charge in [0, 0.05) is 12.8 Å². The number of fused-ring (bicyclic) bond motifs is 1. The summed E-state index contributed by atoms with van der Waals surface area (Å²) in [5.74, 6) is 2.04. The lowest BCUT2D eigenvalue weighted by Gasteiger charge is -2.24. The molecule has 0 radical (unpaired) electrons. The molecular weight excluding hydrogens is 272 g/mol. The molecule has 2 heterocycles. The van der Waals surface area contributed by atoms with Gasteiger partial charge in [0.25, 0.3) is 0 Å². The van der Waals surface area contributed by atoms with E-state index in [1.807, 2.05) is 24.3 Å². The Kier molecular flexibility index (Phi) is 3.80. The van der Waals surface area contributed by atoms with Crippen molar-refractivity contribution in [3.63, 3.8) is 0 Å². The van der Waals surface area contributed by atoms with Gasteiger partial charge in [0.1, 0.15) is 16.2 Å². The van der Waals surface area contributed by atoms with Crippen molar-refractivity contribution in [2.24, 2.45) is 0 Å². The lowest BCUT2D eigenvalue weighted by atomic mass is 9.96. The highest BCUT2D eigenvalue weighted by molar-refractivity contribution is 7.71. The van der Waals surface area contributed by atoms with Crippen LogP contribution in [-0.4, -0.2) is 23.7 Å². The Bertz CT molecular complexity index is 669. The van der Waals surface area contributed by atoms with E-state index in [1.54, 1.807) is 7.11 Å². The Morgan fingerprint density at radius 2 is 2.30 bits per heavy atom. The minimum Gasteiger partial charge on any atom is -0.493 e. The first kappa shape index (κ1) is 13.3. The summed E-state index contributed by atoms with van der Waals surface area (Å²) in [6.45, 7) is 1.12. The molecule has 2 aromatic rings. The monoisotopic (exact) mass is 288 g/mol.